The lowest BCUT2D eigenvalue weighted by Gasteiger charge is -2.40. The number of amides is 2. The number of urea groups is 1. The smallest absolute Gasteiger partial charge is 0.317 e. The van der Waals surface area contributed by atoms with Gasteiger partial charge in [-0.25, -0.2) is 4.79 Å². The first-order valence-corrected chi connectivity index (χ1v) is 18.8. The largest absolute Gasteiger partial charge is 0.383 e. The summed E-state index contributed by atoms with van der Waals surface area (Å²) in [6.07, 6.45) is 18.0. The predicted octanol–water partition coefficient (Wildman–Crippen LogP) is 6.99. The van der Waals surface area contributed by atoms with E-state index in [1.807, 2.05) is 4.90 Å². The van der Waals surface area contributed by atoms with Crippen molar-refractivity contribution in [3.63, 3.8) is 0 Å². The molecule has 2 aliphatic carbocycles. The molecule has 7 nitrogen and oxygen atoms in total. The second-order valence-electron chi connectivity index (χ2n) is 14.1. The first-order chi connectivity index (χ1) is 22.4. The lowest BCUT2D eigenvalue weighted by molar-refractivity contribution is -0.108. The Labute approximate surface area is 289 Å². The summed E-state index contributed by atoms with van der Waals surface area (Å²) in [6, 6.07) is 7.07. The van der Waals surface area contributed by atoms with Crippen LogP contribution < -0.4 is 10.6 Å². The van der Waals surface area contributed by atoms with Gasteiger partial charge in [0.05, 0.1) is 6.04 Å². The van der Waals surface area contributed by atoms with E-state index in [4.69, 9.17) is 11.6 Å². The second-order valence-corrected chi connectivity index (χ2v) is 15.5. The lowest BCUT2D eigenvalue weighted by atomic mass is 9.73. The molecule has 7 rings (SSSR count). The molecule has 4 fully saturated rings. The van der Waals surface area contributed by atoms with Crippen molar-refractivity contribution in [3.8, 4) is 0 Å². The van der Waals surface area contributed by atoms with Crippen molar-refractivity contribution in [2.45, 2.75) is 82.6 Å². The van der Waals surface area contributed by atoms with Crippen LogP contribution in [0.4, 0.5) is 4.79 Å². The number of halogens is 2. The third kappa shape index (κ3) is 8.04. The van der Waals surface area contributed by atoms with E-state index in [2.05, 4.69) is 73.9 Å². The van der Waals surface area contributed by atoms with Gasteiger partial charge in [-0.15, -0.1) is 0 Å². The number of nitrogens with zero attached hydrogens (tertiary/aromatic N) is 3. The summed E-state index contributed by atoms with van der Waals surface area (Å²) < 4.78 is 1.15. The Kier molecular flexibility index (Phi) is 11.5. The highest BCUT2D eigenvalue weighted by Crippen LogP contribution is 2.44. The number of nitrogens with one attached hydrogen (secondary N) is 2. The molecule has 250 valence electrons. The van der Waals surface area contributed by atoms with E-state index < -0.39 is 0 Å². The Morgan fingerprint density at radius 2 is 1.91 bits per heavy atom. The number of aldehydes is 1. The zero-order valence-electron chi connectivity index (χ0n) is 27.4. The number of allylic oxidation sites excluding steroid dienone is 4. The Morgan fingerprint density at radius 3 is 2.63 bits per heavy atom. The number of hydrogen-bond acceptors (Lipinski definition) is 5. The number of carbonyl (C=O) groups excluding carboxylic acids is 2. The molecule has 0 spiro atoms. The molecule has 9 heteroatoms. The minimum absolute atomic E-state index is 0.0880. The van der Waals surface area contributed by atoms with Gasteiger partial charge in [0.2, 0.25) is 0 Å². The summed E-state index contributed by atoms with van der Waals surface area (Å²) in [7, 11) is 2.24. The number of fused-ring (bicyclic) bond motifs is 2. The Balaban J connectivity index is 0.000000162. The van der Waals surface area contributed by atoms with Crippen LogP contribution in [0.25, 0.3) is 0 Å². The van der Waals surface area contributed by atoms with Crippen molar-refractivity contribution in [2.75, 3.05) is 52.9 Å². The molecule has 2 amide bonds. The van der Waals surface area contributed by atoms with E-state index in [9.17, 15) is 9.59 Å². The van der Waals surface area contributed by atoms with Gasteiger partial charge in [0.25, 0.3) is 0 Å². The molecular formula is C37H51BrClN5O2. The van der Waals surface area contributed by atoms with Crippen LogP contribution in [0.3, 0.4) is 0 Å². The standard InChI is InChI=1S/C20H24BrClN2.C17H27N3O2/c1-24-8-6-13(7-9-24)19-18-5-4-17(22)11-14(18)2-3-15-10-16(21)12-23-20(15)19;21-12-7-14-6-10-20(13-14)16(15-3-1-4-15)5-2-9-19-11-8-18-17(19)22/h4-5,10-13,19-20,23H,2-3,6-9H2,1H3;12,14H,1-11,13H2,(H,18,22). The number of benzene rings is 1. The number of piperidine rings is 1. The minimum atomic E-state index is 0.0880. The lowest BCUT2D eigenvalue weighted by Crippen LogP contribution is -2.42. The molecule has 6 aliphatic rings. The van der Waals surface area contributed by atoms with E-state index in [1.165, 1.54) is 67.6 Å². The number of likely N-dealkylation sites (tertiary alicyclic amines) is 2. The van der Waals surface area contributed by atoms with E-state index in [-0.39, 0.29) is 6.03 Å². The maximum absolute atomic E-state index is 11.6. The Hall–Kier alpha value is -2.29. The quantitative estimate of drug-likeness (QED) is 0.285. The van der Waals surface area contributed by atoms with Crippen molar-refractivity contribution in [1.29, 1.82) is 0 Å². The maximum Gasteiger partial charge on any atom is 0.317 e. The highest BCUT2D eigenvalue weighted by atomic mass is 79.9. The average molecular weight is 713 g/mol. The van der Waals surface area contributed by atoms with Crippen LogP contribution in [0.5, 0.6) is 0 Å². The predicted molar refractivity (Wildman–Crippen MR) is 190 cm³/mol. The zero-order valence-corrected chi connectivity index (χ0v) is 29.8. The van der Waals surface area contributed by atoms with Gasteiger partial charge in [-0.3, -0.25) is 0 Å². The summed E-state index contributed by atoms with van der Waals surface area (Å²) in [5.74, 6) is 1.81. The van der Waals surface area contributed by atoms with Gasteiger partial charge in [-0.2, -0.15) is 0 Å². The second kappa shape index (κ2) is 15.7. The average Bonchev–Trinajstić information content (AvgIpc) is 3.62. The van der Waals surface area contributed by atoms with Crippen LogP contribution >= 0.6 is 27.5 Å². The van der Waals surface area contributed by atoms with Crippen LogP contribution in [0, 0.1) is 11.8 Å². The molecule has 3 unspecified atom stereocenters. The third-order valence-electron chi connectivity index (χ3n) is 11.2. The molecule has 0 radical (unpaired) electrons. The van der Waals surface area contributed by atoms with E-state index in [0.29, 0.717) is 24.3 Å². The van der Waals surface area contributed by atoms with Gasteiger partial charge in [-0.05, 0) is 147 Å². The van der Waals surface area contributed by atoms with E-state index >= 15 is 0 Å². The SMILES string of the molecule is CN1CCC(C2c3ccc(Cl)cc3CCC3=CC(Br)=CNC32)CC1.O=CCC1CCN(C(CCCN2CCNC2=O)=C2CCC2)C1. The number of hydrogen-bond donors (Lipinski definition) is 2. The Bertz CT molecular complexity index is 1350. The van der Waals surface area contributed by atoms with Crippen LogP contribution in [0.15, 0.2) is 51.8 Å². The van der Waals surface area contributed by atoms with Crippen molar-refractivity contribution in [1.82, 2.24) is 25.3 Å². The molecule has 1 aromatic rings. The molecule has 3 atom stereocenters. The van der Waals surface area contributed by atoms with Gasteiger partial charge in [0, 0.05) is 66.5 Å². The number of rotatable bonds is 8. The van der Waals surface area contributed by atoms with Gasteiger partial charge >= 0.3 is 6.03 Å². The molecule has 0 bridgehead atoms. The monoisotopic (exact) mass is 711 g/mol. The topological polar surface area (TPSA) is 67.9 Å². The molecule has 46 heavy (non-hydrogen) atoms. The highest BCUT2D eigenvalue weighted by Gasteiger charge is 2.38. The van der Waals surface area contributed by atoms with Gasteiger partial charge in [0.1, 0.15) is 6.29 Å². The maximum atomic E-state index is 11.6. The molecule has 4 aliphatic heterocycles. The van der Waals surface area contributed by atoms with E-state index in [1.54, 1.807) is 5.57 Å². The van der Waals surface area contributed by atoms with Crippen molar-refractivity contribution >= 4 is 39.8 Å². The summed E-state index contributed by atoms with van der Waals surface area (Å²) in [5.41, 5.74) is 7.64. The van der Waals surface area contributed by atoms with Crippen LogP contribution in [0.1, 0.15) is 81.3 Å². The molecule has 0 aromatic heterocycles. The molecule has 1 aromatic carbocycles. The summed E-state index contributed by atoms with van der Waals surface area (Å²) in [5, 5.41) is 7.42. The van der Waals surface area contributed by atoms with Crippen molar-refractivity contribution in [2.24, 2.45) is 11.8 Å². The van der Waals surface area contributed by atoms with Gasteiger partial charge in [-0.1, -0.05) is 23.2 Å². The molecule has 2 N–H and O–H groups in total. The normalized spacial score (nSPS) is 26.4. The first-order valence-electron chi connectivity index (χ1n) is 17.6. The van der Waals surface area contributed by atoms with E-state index in [0.717, 1.165) is 86.5 Å². The van der Waals surface area contributed by atoms with Gasteiger partial charge in [0.15, 0.2) is 0 Å². The Morgan fingerprint density at radius 1 is 1.09 bits per heavy atom. The summed E-state index contributed by atoms with van der Waals surface area (Å²) >= 11 is 9.94. The number of dihydropyridines is 1. The number of carbonyl (C=O) groups is 2. The molecule has 1 saturated carbocycles. The summed E-state index contributed by atoms with van der Waals surface area (Å²) in [4.78, 5) is 29.2. The van der Waals surface area contributed by atoms with Crippen LogP contribution in [-0.4, -0.2) is 85.9 Å². The first kappa shape index (κ1) is 33.6. The zero-order chi connectivity index (χ0) is 32.0. The van der Waals surface area contributed by atoms with Crippen LogP contribution in [-0.2, 0) is 11.2 Å². The molecular weight excluding hydrogens is 662 g/mol. The molecule has 3 saturated heterocycles. The summed E-state index contributed by atoms with van der Waals surface area (Å²) in [6.45, 7) is 7.03. The molecule has 4 heterocycles. The van der Waals surface area contributed by atoms with Crippen molar-refractivity contribution < 1.29 is 9.59 Å². The highest BCUT2D eigenvalue weighted by molar-refractivity contribution is 9.11. The number of aryl methyl sites for hydroxylation is 1. The van der Waals surface area contributed by atoms with Gasteiger partial charge < -0.3 is 30.1 Å². The fraction of sp³-hybridized carbons (Fsp3) is 0.622. The fourth-order valence-corrected chi connectivity index (χ4v) is 9.02. The minimum Gasteiger partial charge on any atom is -0.383 e. The van der Waals surface area contributed by atoms with Crippen LogP contribution in [0.2, 0.25) is 5.02 Å². The fourth-order valence-electron chi connectivity index (χ4n) is 8.40. The third-order valence-corrected chi connectivity index (χ3v) is 11.8. The van der Waals surface area contributed by atoms with Crippen molar-refractivity contribution in [3.05, 3.63) is 68.0 Å².